The second kappa shape index (κ2) is 9.56. The van der Waals surface area contributed by atoms with Gasteiger partial charge in [0, 0.05) is 11.8 Å². The lowest BCUT2D eigenvalue weighted by Crippen LogP contribution is -2.33. The lowest BCUT2D eigenvalue weighted by molar-refractivity contribution is -0.156. The van der Waals surface area contributed by atoms with Gasteiger partial charge in [0.25, 0.3) is 0 Å². The highest BCUT2D eigenvalue weighted by molar-refractivity contribution is 7.97. The highest BCUT2D eigenvalue weighted by atomic mass is 32.4. The third-order valence-electron chi connectivity index (χ3n) is 4.69. The molecular weight excluding hydrogens is 359 g/mol. The van der Waals surface area contributed by atoms with Crippen molar-refractivity contribution in [1.82, 2.24) is 0 Å². The van der Waals surface area contributed by atoms with Crippen molar-refractivity contribution in [2.45, 2.75) is 38.5 Å². The monoisotopic (exact) mass is 386 g/mol. The highest BCUT2D eigenvalue weighted by Crippen LogP contribution is 2.43. The Labute approximate surface area is 156 Å². The summed E-state index contributed by atoms with van der Waals surface area (Å²) in [5, 5.41) is 8.55. The van der Waals surface area contributed by atoms with Crippen molar-refractivity contribution in [2.24, 2.45) is 23.7 Å². The lowest BCUT2D eigenvalue weighted by atomic mass is 9.88. The van der Waals surface area contributed by atoms with E-state index in [-0.39, 0.29) is 42.9 Å². The Hall–Kier alpha value is -1.10. The van der Waals surface area contributed by atoms with Gasteiger partial charge in [-0.05, 0) is 46.4 Å². The summed E-state index contributed by atoms with van der Waals surface area (Å²) in [6.07, 6.45) is 3.34. The summed E-state index contributed by atoms with van der Waals surface area (Å²) >= 11 is 4.98. The molecule has 1 fully saturated rings. The molecule has 1 aliphatic carbocycles. The first-order chi connectivity index (χ1) is 11.7. The van der Waals surface area contributed by atoms with E-state index in [0.29, 0.717) is 7.36 Å². The van der Waals surface area contributed by atoms with Gasteiger partial charge >= 0.3 is 11.9 Å². The van der Waals surface area contributed by atoms with Gasteiger partial charge in [-0.25, -0.2) is 4.79 Å². The molecule has 0 aliphatic heterocycles. The summed E-state index contributed by atoms with van der Waals surface area (Å²) in [5.74, 6) is -0.807. The number of allylic oxidation sites excluding steroid dienone is 2. The van der Waals surface area contributed by atoms with Gasteiger partial charge in [0.2, 0.25) is 0 Å². The summed E-state index contributed by atoms with van der Waals surface area (Å²) in [7, 11) is 0.530. The van der Waals surface area contributed by atoms with Crippen LogP contribution in [-0.4, -0.2) is 41.5 Å². The average Bonchev–Trinajstić information content (AvgIpc) is 2.93. The van der Waals surface area contributed by atoms with Crippen molar-refractivity contribution in [3.63, 3.8) is 0 Å². The van der Waals surface area contributed by atoms with E-state index in [1.807, 2.05) is 12.2 Å². The SMILES string of the molecule is C=CC1CC(C=C)[C@H](COC(=O)C(C)O)[C@@H]1COC(=O)C(C)(C)P=S. The van der Waals surface area contributed by atoms with Crippen molar-refractivity contribution >= 4 is 31.1 Å². The molecule has 7 heteroatoms. The van der Waals surface area contributed by atoms with Gasteiger partial charge in [0.1, 0.15) is 11.3 Å². The minimum Gasteiger partial charge on any atom is -0.464 e. The third kappa shape index (κ3) is 5.70. The number of rotatable bonds is 9. The summed E-state index contributed by atoms with van der Waals surface area (Å²) in [5.41, 5.74) is 0. The van der Waals surface area contributed by atoms with Crippen LogP contribution in [0.1, 0.15) is 27.2 Å². The molecule has 140 valence electrons. The smallest absolute Gasteiger partial charge is 0.334 e. The number of hydrogen-bond donors (Lipinski definition) is 1. The molecule has 0 bridgehead atoms. The molecule has 1 rings (SSSR count). The van der Waals surface area contributed by atoms with Crippen molar-refractivity contribution in [2.75, 3.05) is 13.2 Å². The van der Waals surface area contributed by atoms with Crippen LogP contribution in [0.4, 0.5) is 0 Å². The van der Waals surface area contributed by atoms with E-state index in [0.717, 1.165) is 6.42 Å². The van der Waals surface area contributed by atoms with Crippen LogP contribution < -0.4 is 0 Å². The normalized spacial score (nSPS) is 27.5. The van der Waals surface area contributed by atoms with E-state index in [4.69, 9.17) is 21.3 Å². The van der Waals surface area contributed by atoms with Crippen molar-refractivity contribution < 1.29 is 24.2 Å². The van der Waals surface area contributed by atoms with Crippen LogP contribution in [0.15, 0.2) is 25.3 Å². The molecule has 0 radical (unpaired) electrons. The van der Waals surface area contributed by atoms with E-state index in [1.165, 1.54) is 6.92 Å². The van der Waals surface area contributed by atoms with Gasteiger partial charge in [-0.3, -0.25) is 4.79 Å². The minimum atomic E-state index is -1.16. The number of carbonyl (C=O) groups excluding carboxylic acids is 2. The molecule has 5 nitrogen and oxygen atoms in total. The number of ether oxygens (including phenoxy) is 2. The first-order valence-electron chi connectivity index (χ1n) is 8.29. The maximum atomic E-state index is 12.2. The predicted octanol–water partition coefficient (Wildman–Crippen LogP) is 2.88. The average molecular weight is 386 g/mol. The zero-order valence-electron chi connectivity index (χ0n) is 15.0. The minimum absolute atomic E-state index is 0.0242. The molecule has 1 N–H and O–H groups in total. The van der Waals surface area contributed by atoms with Gasteiger partial charge in [-0.1, -0.05) is 24.0 Å². The molecule has 0 aromatic heterocycles. The van der Waals surface area contributed by atoms with Crippen LogP contribution in [0.25, 0.3) is 0 Å². The van der Waals surface area contributed by atoms with Crippen molar-refractivity contribution in [3.8, 4) is 0 Å². The number of hydrogen-bond acceptors (Lipinski definition) is 6. The van der Waals surface area contributed by atoms with Crippen LogP contribution >= 0.6 is 7.36 Å². The molecule has 0 amide bonds. The Morgan fingerprint density at radius 1 is 1.24 bits per heavy atom. The predicted molar refractivity (Wildman–Crippen MR) is 101 cm³/mol. The quantitative estimate of drug-likeness (QED) is 0.373. The molecule has 0 aromatic carbocycles. The van der Waals surface area contributed by atoms with Crippen LogP contribution in [-0.2, 0) is 30.9 Å². The second-order valence-electron chi connectivity index (χ2n) is 6.92. The van der Waals surface area contributed by atoms with Crippen LogP contribution in [0, 0.1) is 23.7 Å². The number of aliphatic hydroxyl groups excluding tert-OH is 1. The van der Waals surface area contributed by atoms with Crippen LogP contribution in [0.5, 0.6) is 0 Å². The molecule has 3 unspecified atom stereocenters. The molecular formula is C18H27O5PS. The Balaban J connectivity index is 2.83. The Kier molecular flexibility index (Phi) is 8.39. The Morgan fingerprint density at radius 2 is 1.72 bits per heavy atom. The Morgan fingerprint density at radius 3 is 2.12 bits per heavy atom. The summed E-state index contributed by atoms with van der Waals surface area (Å²) in [6, 6.07) is 0. The number of carbonyl (C=O) groups is 2. The Bertz CT molecular complexity index is 532. The topological polar surface area (TPSA) is 72.8 Å². The standard InChI is InChI=1S/C18H27O5PS/c1-6-12-8-13(7-2)15(10-23-17(21)18(4,5)24-25)14(12)9-22-16(20)11(3)19/h6-7,11-15,19H,1-2,8-10H2,3-5H3/t11?,12?,13?,14-,15+/m0/s1. The van der Waals surface area contributed by atoms with Gasteiger partial charge < -0.3 is 14.6 Å². The van der Waals surface area contributed by atoms with E-state index in [9.17, 15) is 14.7 Å². The maximum Gasteiger partial charge on any atom is 0.334 e. The van der Waals surface area contributed by atoms with Crippen molar-refractivity contribution in [3.05, 3.63) is 25.3 Å². The van der Waals surface area contributed by atoms with E-state index in [1.54, 1.807) is 13.8 Å². The highest BCUT2D eigenvalue weighted by Gasteiger charge is 2.42. The van der Waals surface area contributed by atoms with E-state index < -0.39 is 17.2 Å². The molecule has 0 spiro atoms. The molecule has 0 aromatic rings. The first kappa shape index (κ1) is 21.9. The zero-order valence-corrected chi connectivity index (χ0v) is 16.7. The fourth-order valence-electron chi connectivity index (χ4n) is 3.02. The van der Waals surface area contributed by atoms with Crippen LogP contribution in [0.2, 0.25) is 0 Å². The molecule has 1 aliphatic rings. The molecule has 5 atom stereocenters. The number of esters is 2. The number of aliphatic hydroxyl groups is 1. The lowest BCUT2D eigenvalue weighted by Gasteiger charge is -2.26. The fourth-order valence-corrected chi connectivity index (χ4v) is 3.38. The second-order valence-corrected chi connectivity index (χ2v) is 8.77. The maximum absolute atomic E-state index is 12.2. The zero-order chi connectivity index (χ0) is 19.2. The van der Waals surface area contributed by atoms with E-state index in [2.05, 4.69) is 13.2 Å². The van der Waals surface area contributed by atoms with E-state index >= 15 is 0 Å². The molecule has 1 saturated carbocycles. The largest absolute Gasteiger partial charge is 0.464 e. The van der Waals surface area contributed by atoms with Gasteiger partial charge in [0.05, 0.1) is 13.2 Å². The van der Waals surface area contributed by atoms with Gasteiger partial charge in [-0.15, -0.1) is 13.2 Å². The summed E-state index contributed by atoms with van der Waals surface area (Å²) in [4.78, 5) is 23.8. The fraction of sp³-hybridized carbons (Fsp3) is 0.667. The van der Waals surface area contributed by atoms with Gasteiger partial charge in [0.15, 0.2) is 0 Å². The molecule has 25 heavy (non-hydrogen) atoms. The summed E-state index contributed by atoms with van der Waals surface area (Å²) in [6.45, 7) is 13.0. The first-order valence-corrected chi connectivity index (χ1v) is 10.2. The molecule has 0 heterocycles. The van der Waals surface area contributed by atoms with Gasteiger partial charge in [-0.2, -0.15) is 0 Å². The summed E-state index contributed by atoms with van der Waals surface area (Å²) < 4.78 is 10.7. The molecule has 0 saturated heterocycles. The van der Waals surface area contributed by atoms with Crippen molar-refractivity contribution in [1.29, 1.82) is 0 Å². The third-order valence-corrected chi connectivity index (χ3v) is 6.70. The van der Waals surface area contributed by atoms with Crippen LogP contribution in [0.3, 0.4) is 0 Å².